The monoisotopic (exact) mass is 313 g/mol. The summed E-state index contributed by atoms with van der Waals surface area (Å²) >= 11 is 0. The first-order chi connectivity index (χ1) is 11.1. The van der Waals surface area contributed by atoms with E-state index in [0.29, 0.717) is 29.7 Å². The maximum atomic E-state index is 11.7. The van der Waals surface area contributed by atoms with Crippen molar-refractivity contribution in [2.75, 3.05) is 20.2 Å². The van der Waals surface area contributed by atoms with Crippen molar-refractivity contribution in [2.45, 2.75) is 56.9 Å². The van der Waals surface area contributed by atoms with E-state index in [0.717, 1.165) is 18.7 Å². The van der Waals surface area contributed by atoms with Crippen LogP contribution in [0.15, 0.2) is 18.2 Å². The molecule has 0 N–H and O–H groups in total. The van der Waals surface area contributed by atoms with Gasteiger partial charge in [0.25, 0.3) is 0 Å². The van der Waals surface area contributed by atoms with Crippen LogP contribution in [0.3, 0.4) is 0 Å². The summed E-state index contributed by atoms with van der Waals surface area (Å²) in [5.74, 6) is 2.00. The summed E-state index contributed by atoms with van der Waals surface area (Å²) in [5, 5.41) is 0. The summed E-state index contributed by atoms with van der Waals surface area (Å²) in [5.41, 5.74) is 3.38. The number of hydrogen-bond donors (Lipinski definition) is 0. The van der Waals surface area contributed by atoms with E-state index in [-0.39, 0.29) is 0 Å². The minimum Gasteiger partial charge on any atom is -0.497 e. The molecule has 1 aromatic rings. The standard InChI is InChI=1S/C20H27NO2/c1-14(22)13-21-10-9-20-8-4-3-5-17(20)19(21)11-15-6-7-16(23-2)12-18(15)20/h6-7,12,17,19H,3-5,8-11,13H2,1-2H3/t17?,19-,20+/m0/s1. The molecule has 1 aliphatic heterocycles. The molecule has 124 valence electrons. The van der Waals surface area contributed by atoms with Crippen molar-refractivity contribution >= 4 is 5.78 Å². The lowest BCUT2D eigenvalue weighted by Gasteiger charge is -2.59. The van der Waals surface area contributed by atoms with Crippen LogP contribution < -0.4 is 4.74 Å². The van der Waals surface area contributed by atoms with Gasteiger partial charge in [-0.15, -0.1) is 0 Å². The molecule has 1 saturated carbocycles. The number of piperidine rings is 1. The Labute approximate surface area is 139 Å². The first-order valence-electron chi connectivity index (χ1n) is 9.05. The van der Waals surface area contributed by atoms with Crippen molar-refractivity contribution in [3.05, 3.63) is 29.3 Å². The molecule has 2 bridgehead atoms. The molecule has 3 aliphatic rings. The smallest absolute Gasteiger partial charge is 0.143 e. The largest absolute Gasteiger partial charge is 0.497 e. The second-order valence-electron chi connectivity index (χ2n) is 7.73. The Bertz CT molecular complexity index is 626. The Kier molecular flexibility index (Phi) is 3.72. The van der Waals surface area contributed by atoms with Gasteiger partial charge in [0, 0.05) is 11.5 Å². The predicted octanol–water partition coefficient (Wildman–Crippen LogP) is 3.34. The minimum absolute atomic E-state index is 0.300. The predicted molar refractivity (Wildman–Crippen MR) is 91.0 cm³/mol. The zero-order valence-electron chi connectivity index (χ0n) is 14.3. The number of fused-ring (bicyclic) bond motifs is 1. The van der Waals surface area contributed by atoms with Gasteiger partial charge in [-0.3, -0.25) is 9.69 Å². The second kappa shape index (κ2) is 5.62. The number of benzene rings is 1. The molecule has 1 unspecified atom stereocenters. The summed E-state index contributed by atoms with van der Waals surface area (Å²) in [6.07, 6.45) is 7.60. The number of nitrogens with zero attached hydrogens (tertiary/aromatic N) is 1. The number of ether oxygens (including phenoxy) is 1. The fraction of sp³-hybridized carbons (Fsp3) is 0.650. The molecule has 3 nitrogen and oxygen atoms in total. The Hall–Kier alpha value is -1.35. The molecule has 1 heterocycles. The van der Waals surface area contributed by atoms with Gasteiger partial charge in [-0.25, -0.2) is 0 Å². The summed E-state index contributed by atoms with van der Waals surface area (Å²) in [6.45, 7) is 3.42. The fourth-order valence-corrected chi connectivity index (χ4v) is 5.67. The van der Waals surface area contributed by atoms with Crippen LogP contribution in [0.1, 0.15) is 50.2 Å². The van der Waals surface area contributed by atoms with Crippen LogP contribution in [-0.2, 0) is 16.6 Å². The van der Waals surface area contributed by atoms with E-state index in [4.69, 9.17) is 4.74 Å². The lowest BCUT2D eigenvalue weighted by Crippen LogP contribution is -2.61. The number of methoxy groups -OCH3 is 1. The van der Waals surface area contributed by atoms with Crippen molar-refractivity contribution in [3.8, 4) is 5.75 Å². The number of carbonyl (C=O) groups is 1. The molecule has 23 heavy (non-hydrogen) atoms. The van der Waals surface area contributed by atoms with Gasteiger partial charge in [0.05, 0.1) is 13.7 Å². The average Bonchev–Trinajstić information content (AvgIpc) is 2.56. The maximum absolute atomic E-state index is 11.7. The van der Waals surface area contributed by atoms with Crippen LogP contribution in [0.2, 0.25) is 0 Å². The van der Waals surface area contributed by atoms with E-state index in [2.05, 4.69) is 23.1 Å². The Morgan fingerprint density at radius 1 is 1.35 bits per heavy atom. The minimum atomic E-state index is 0.300. The van der Waals surface area contributed by atoms with Gasteiger partial charge >= 0.3 is 0 Å². The number of Topliss-reactive ketones (excluding diaryl/α,β-unsaturated/α-hetero) is 1. The first kappa shape index (κ1) is 15.2. The highest BCUT2D eigenvalue weighted by Gasteiger charge is 2.53. The number of hydrogen-bond acceptors (Lipinski definition) is 3. The molecule has 1 saturated heterocycles. The number of rotatable bonds is 3. The van der Waals surface area contributed by atoms with Crippen LogP contribution in [0, 0.1) is 5.92 Å². The van der Waals surface area contributed by atoms with E-state index >= 15 is 0 Å². The third kappa shape index (κ3) is 2.32. The van der Waals surface area contributed by atoms with Gasteiger partial charge < -0.3 is 4.74 Å². The fourth-order valence-electron chi connectivity index (χ4n) is 5.67. The Morgan fingerprint density at radius 2 is 2.22 bits per heavy atom. The third-order valence-corrected chi connectivity index (χ3v) is 6.58. The number of carbonyl (C=O) groups excluding carboxylic acids is 1. The maximum Gasteiger partial charge on any atom is 0.143 e. The SMILES string of the molecule is COc1ccc2c(c1)[C@@]13CCCCC1[C@H](C2)N(CC(C)=O)CC3. The van der Waals surface area contributed by atoms with E-state index < -0.39 is 0 Å². The highest BCUT2D eigenvalue weighted by molar-refractivity contribution is 5.77. The molecule has 2 aliphatic carbocycles. The average molecular weight is 313 g/mol. The van der Waals surface area contributed by atoms with E-state index in [9.17, 15) is 4.79 Å². The summed E-state index contributed by atoms with van der Waals surface area (Å²) in [6, 6.07) is 7.23. The Morgan fingerprint density at radius 3 is 3.00 bits per heavy atom. The second-order valence-corrected chi connectivity index (χ2v) is 7.73. The van der Waals surface area contributed by atoms with Crippen LogP contribution in [0.4, 0.5) is 0 Å². The number of ketones is 1. The van der Waals surface area contributed by atoms with Crippen LogP contribution >= 0.6 is 0 Å². The summed E-state index contributed by atoms with van der Waals surface area (Å²) < 4.78 is 5.51. The highest BCUT2D eigenvalue weighted by Crippen LogP contribution is 2.56. The van der Waals surface area contributed by atoms with E-state index in [1.54, 1.807) is 19.6 Å². The summed E-state index contributed by atoms with van der Waals surface area (Å²) in [4.78, 5) is 14.2. The third-order valence-electron chi connectivity index (χ3n) is 6.58. The lowest BCUT2D eigenvalue weighted by molar-refractivity contribution is -0.120. The molecule has 3 atom stereocenters. The molecule has 1 aromatic carbocycles. The summed E-state index contributed by atoms with van der Waals surface area (Å²) in [7, 11) is 1.76. The van der Waals surface area contributed by atoms with Gasteiger partial charge in [-0.05, 0) is 68.3 Å². The van der Waals surface area contributed by atoms with Crippen molar-refractivity contribution in [3.63, 3.8) is 0 Å². The van der Waals surface area contributed by atoms with E-state index in [1.165, 1.54) is 37.7 Å². The van der Waals surface area contributed by atoms with Crippen LogP contribution in [0.25, 0.3) is 0 Å². The Balaban J connectivity index is 1.79. The normalized spacial score (nSPS) is 32.8. The van der Waals surface area contributed by atoms with Crippen LogP contribution in [-0.4, -0.2) is 36.9 Å². The zero-order valence-corrected chi connectivity index (χ0v) is 14.3. The zero-order chi connectivity index (χ0) is 16.0. The molecular weight excluding hydrogens is 286 g/mol. The van der Waals surface area contributed by atoms with Gasteiger partial charge in [0.2, 0.25) is 0 Å². The quantitative estimate of drug-likeness (QED) is 0.857. The molecule has 0 radical (unpaired) electrons. The molecule has 3 heteroatoms. The van der Waals surface area contributed by atoms with Gasteiger partial charge in [0.15, 0.2) is 0 Å². The van der Waals surface area contributed by atoms with Gasteiger partial charge in [0.1, 0.15) is 11.5 Å². The number of likely N-dealkylation sites (tertiary alicyclic amines) is 1. The lowest BCUT2D eigenvalue weighted by atomic mass is 9.52. The first-order valence-corrected chi connectivity index (χ1v) is 9.05. The van der Waals surface area contributed by atoms with E-state index in [1.807, 2.05) is 0 Å². The molecule has 0 aromatic heterocycles. The van der Waals surface area contributed by atoms with Gasteiger partial charge in [-0.2, -0.15) is 0 Å². The molecule has 0 amide bonds. The van der Waals surface area contributed by atoms with Crippen molar-refractivity contribution < 1.29 is 9.53 Å². The van der Waals surface area contributed by atoms with Crippen molar-refractivity contribution in [1.82, 2.24) is 4.90 Å². The molecule has 4 rings (SSSR count). The van der Waals surface area contributed by atoms with Crippen molar-refractivity contribution in [2.24, 2.45) is 5.92 Å². The molecular formula is C20H27NO2. The molecule has 2 fully saturated rings. The van der Waals surface area contributed by atoms with Crippen LogP contribution in [0.5, 0.6) is 5.75 Å². The molecule has 0 spiro atoms. The topological polar surface area (TPSA) is 29.5 Å². The highest BCUT2D eigenvalue weighted by atomic mass is 16.5. The van der Waals surface area contributed by atoms with Gasteiger partial charge in [-0.1, -0.05) is 18.9 Å². The van der Waals surface area contributed by atoms with Crippen molar-refractivity contribution in [1.29, 1.82) is 0 Å².